The fourth-order valence-electron chi connectivity index (χ4n) is 2.51. The van der Waals surface area contributed by atoms with Crippen LogP contribution in [-0.2, 0) is 4.74 Å². The summed E-state index contributed by atoms with van der Waals surface area (Å²) in [5, 5.41) is 2.95. The number of nitrogens with one attached hydrogen (secondary N) is 1. The quantitative estimate of drug-likeness (QED) is 0.877. The zero-order chi connectivity index (χ0) is 16.3. The van der Waals surface area contributed by atoms with Crippen molar-refractivity contribution in [1.82, 2.24) is 10.3 Å². The Balaban J connectivity index is 1.96. The van der Waals surface area contributed by atoms with Crippen LogP contribution in [0.25, 0.3) is 0 Å². The van der Waals surface area contributed by atoms with Gasteiger partial charge in [-0.05, 0) is 52.7 Å². The van der Waals surface area contributed by atoms with Gasteiger partial charge in [-0.3, -0.25) is 0 Å². The van der Waals surface area contributed by atoms with E-state index in [9.17, 15) is 4.79 Å². The molecular weight excluding hydrogens is 280 g/mol. The number of alkyl carbamates (subject to hydrolysis) is 1. The molecule has 1 unspecified atom stereocenters. The van der Waals surface area contributed by atoms with Crippen LogP contribution in [0.4, 0.5) is 16.3 Å². The first-order valence-corrected chi connectivity index (χ1v) is 7.72. The topological polar surface area (TPSA) is 80.5 Å². The summed E-state index contributed by atoms with van der Waals surface area (Å²) in [6, 6.07) is 3.88. The van der Waals surface area contributed by atoms with E-state index >= 15 is 0 Å². The van der Waals surface area contributed by atoms with Crippen LogP contribution in [0.2, 0.25) is 0 Å². The Bertz CT molecular complexity index is 539. The van der Waals surface area contributed by atoms with Crippen molar-refractivity contribution in [2.75, 3.05) is 23.7 Å². The molecule has 0 saturated carbocycles. The molecule has 0 radical (unpaired) electrons. The van der Waals surface area contributed by atoms with E-state index in [-0.39, 0.29) is 12.1 Å². The number of carbonyl (C=O) groups excluding carboxylic acids is 1. The highest BCUT2D eigenvalue weighted by Gasteiger charge is 2.24. The highest BCUT2D eigenvalue weighted by atomic mass is 16.6. The average molecular weight is 306 g/mol. The fraction of sp³-hybridized carbons (Fsp3) is 0.625. The molecule has 1 saturated heterocycles. The van der Waals surface area contributed by atoms with Gasteiger partial charge < -0.3 is 20.7 Å². The number of aromatic nitrogens is 1. The molecule has 22 heavy (non-hydrogen) atoms. The number of carbonyl (C=O) groups is 1. The van der Waals surface area contributed by atoms with Crippen LogP contribution in [0.3, 0.4) is 0 Å². The van der Waals surface area contributed by atoms with E-state index in [0.717, 1.165) is 37.4 Å². The zero-order valence-corrected chi connectivity index (χ0v) is 13.8. The number of nitrogens with zero attached hydrogens (tertiary/aromatic N) is 2. The second-order valence-electron chi connectivity index (χ2n) is 6.78. The lowest BCUT2D eigenvalue weighted by atomic mass is 10.1. The van der Waals surface area contributed by atoms with Gasteiger partial charge in [0.1, 0.15) is 11.4 Å². The molecule has 6 nitrogen and oxygen atoms in total. The van der Waals surface area contributed by atoms with Crippen molar-refractivity contribution in [3.8, 4) is 0 Å². The second kappa shape index (κ2) is 6.42. The van der Waals surface area contributed by atoms with Gasteiger partial charge in [-0.1, -0.05) is 0 Å². The summed E-state index contributed by atoms with van der Waals surface area (Å²) in [6.07, 6.45) is 1.59. The maximum Gasteiger partial charge on any atom is 0.407 e. The Morgan fingerprint density at radius 1 is 1.45 bits per heavy atom. The molecule has 1 aromatic rings. The Kier molecular flexibility index (Phi) is 4.78. The molecular formula is C16H26N4O2. The van der Waals surface area contributed by atoms with Gasteiger partial charge in [-0.2, -0.15) is 0 Å². The molecule has 0 spiro atoms. The van der Waals surface area contributed by atoms with Crippen LogP contribution in [-0.4, -0.2) is 35.8 Å². The van der Waals surface area contributed by atoms with E-state index < -0.39 is 5.60 Å². The van der Waals surface area contributed by atoms with Gasteiger partial charge in [0, 0.05) is 19.1 Å². The lowest BCUT2D eigenvalue weighted by Crippen LogP contribution is -2.49. The molecule has 122 valence electrons. The van der Waals surface area contributed by atoms with Gasteiger partial charge in [-0.15, -0.1) is 0 Å². The van der Waals surface area contributed by atoms with Crippen LogP contribution >= 0.6 is 0 Å². The largest absolute Gasteiger partial charge is 0.444 e. The monoisotopic (exact) mass is 306 g/mol. The molecule has 1 amide bonds. The Labute approximate surface area is 132 Å². The Hall–Kier alpha value is -1.98. The minimum atomic E-state index is -0.478. The first kappa shape index (κ1) is 16.4. The summed E-state index contributed by atoms with van der Waals surface area (Å²) in [4.78, 5) is 18.6. The summed E-state index contributed by atoms with van der Waals surface area (Å²) in [5.41, 5.74) is 6.87. The second-order valence-corrected chi connectivity index (χ2v) is 6.78. The molecule has 0 aromatic carbocycles. The van der Waals surface area contributed by atoms with Crippen molar-refractivity contribution in [2.24, 2.45) is 0 Å². The van der Waals surface area contributed by atoms with Crippen LogP contribution in [0, 0.1) is 6.92 Å². The molecule has 1 aliphatic heterocycles. The minimum absolute atomic E-state index is 0.0725. The number of amides is 1. The lowest BCUT2D eigenvalue weighted by Gasteiger charge is -2.34. The summed E-state index contributed by atoms with van der Waals surface area (Å²) in [6.45, 7) is 9.15. The van der Waals surface area contributed by atoms with E-state index in [1.54, 1.807) is 0 Å². The van der Waals surface area contributed by atoms with Gasteiger partial charge in [-0.25, -0.2) is 9.78 Å². The molecule has 2 heterocycles. The third-order valence-electron chi connectivity index (χ3n) is 3.58. The van der Waals surface area contributed by atoms with Gasteiger partial charge in [0.05, 0.1) is 11.4 Å². The number of nitrogen functional groups attached to an aromatic ring is 1. The van der Waals surface area contributed by atoms with Gasteiger partial charge in [0.15, 0.2) is 0 Å². The predicted octanol–water partition coefficient (Wildman–Crippen LogP) is 2.47. The molecule has 1 fully saturated rings. The van der Waals surface area contributed by atoms with Crippen molar-refractivity contribution in [1.29, 1.82) is 0 Å². The van der Waals surface area contributed by atoms with E-state index in [0.29, 0.717) is 5.69 Å². The van der Waals surface area contributed by atoms with Crippen molar-refractivity contribution >= 4 is 17.6 Å². The number of hydrogen-bond acceptors (Lipinski definition) is 5. The van der Waals surface area contributed by atoms with E-state index in [2.05, 4.69) is 15.2 Å². The summed E-state index contributed by atoms with van der Waals surface area (Å²) >= 11 is 0. The van der Waals surface area contributed by atoms with Crippen molar-refractivity contribution in [3.63, 3.8) is 0 Å². The number of nitrogens with two attached hydrogens (primary N) is 1. The summed E-state index contributed by atoms with van der Waals surface area (Å²) < 4.78 is 5.32. The van der Waals surface area contributed by atoms with Gasteiger partial charge >= 0.3 is 6.09 Å². The molecule has 2 rings (SSSR count). The Morgan fingerprint density at radius 3 is 2.82 bits per heavy atom. The number of anilines is 2. The predicted molar refractivity (Wildman–Crippen MR) is 88.0 cm³/mol. The van der Waals surface area contributed by atoms with Gasteiger partial charge in [0.2, 0.25) is 0 Å². The number of aryl methyl sites for hydroxylation is 1. The molecule has 1 aromatic heterocycles. The highest BCUT2D eigenvalue weighted by Crippen LogP contribution is 2.20. The van der Waals surface area contributed by atoms with E-state index in [1.165, 1.54) is 0 Å². The number of pyridine rings is 1. The highest BCUT2D eigenvalue weighted by molar-refractivity contribution is 5.68. The van der Waals surface area contributed by atoms with Crippen LogP contribution < -0.4 is 16.0 Å². The lowest BCUT2D eigenvalue weighted by molar-refractivity contribution is 0.0500. The average Bonchev–Trinajstić information content (AvgIpc) is 2.40. The molecule has 1 atom stereocenters. The number of piperidine rings is 1. The molecule has 6 heteroatoms. The third-order valence-corrected chi connectivity index (χ3v) is 3.58. The van der Waals surface area contributed by atoms with Gasteiger partial charge in [0.25, 0.3) is 0 Å². The number of ether oxygens (including phenoxy) is 1. The van der Waals surface area contributed by atoms with Crippen LogP contribution in [0.5, 0.6) is 0 Å². The molecule has 0 bridgehead atoms. The third kappa shape index (κ3) is 4.51. The molecule has 0 aliphatic carbocycles. The minimum Gasteiger partial charge on any atom is -0.444 e. The maximum absolute atomic E-state index is 11.9. The van der Waals surface area contributed by atoms with Crippen molar-refractivity contribution in [3.05, 3.63) is 17.8 Å². The summed E-state index contributed by atoms with van der Waals surface area (Å²) in [7, 11) is 0. The number of rotatable bonds is 2. The first-order valence-electron chi connectivity index (χ1n) is 7.72. The number of hydrogen-bond donors (Lipinski definition) is 2. The van der Waals surface area contributed by atoms with E-state index in [4.69, 9.17) is 10.5 Å². The van der Waals surface area contributed by atoms with Crippen LogP contribution in [0.15, 0.2) is 12.1 Å². The maximum atomic E-state index is 11.9. The fourth-order valence-corrected chi connectivity index (χ4v) is 2.51. The first-order chi connectivity index (χ1) is 10.2. The smallest absolute Gasteiger partial charge is 0.407 e. The summed E-state index contributed by atoms with van der Waals surface area (Å²) in [5.74, 6) is 0.905. The van der Waals surface area contributed by atoms with E-state index in [1.807, 2.05) is 39.8 Å². The standard InChI is InChI=1S/C16H26N4O2/c1-11-13(17)7-8-14(18-11)20-9-5-6-12(10-20)19-15(21)22-16(2,3)4/h7-8,12H,5-6,9-10,17H2,1-4H3,(H,19,21). The SMILES string of the molecule is Cc1nc(N2CCCC(NC(=O)OC(C)(C)C)C2)ccc1N. The molecule has 3 N–H and O–H groups in total. The van der Waals surface area contributed by atoms with Crippen molar-refractivity contribution < 1.29 is 9.53 Å². The normalized spacial score (nSPS) is 18.9. The zero-order valence-electron chi connectivity index (χ0n) is 13.8. The Morgan fingerprint density at radius 2 is 2.18 bits per heavy atom. The van der Waals surface area contributed by atoms with Crippen molar-refractivity contribution in [2.45, 2.75) is 52.2 Å². The van der Waals surface area contributed by atoms with Crippen LogP contribution in [0.1, 0.15) is 39.3 Å². The molecule has 1 aliphatic rings.